The van der Waals surface area contributed by atoms with Crippen LogP contribution in [0, 0.1) is 0 Å². The molecule has 0 amide bonds. The highest BCUT2D eigenvalue weighted by molar-refractivity contribution is 6.31. The summed E-state index contributed by atoms with van der Waals surface area (Å²) in [4.78, 5) is 4.95. The maximum absolute atomic E-state index is 6.10. The van der Waals surface area contributed by atoms with E-state index in [0.29, 0.717) is 10.0 Å². The molecule has 0 heterocycles. The van der Waals surface area contributed by atoms with Crippen molar-refractivity contribution in [3.63, 3.8) is 0 Å². The van der Waals surface area contributed by atoms with Crippen molar-refractivity contribution in [1.82, 2.24) is 0 Å². The second-order valence-corrected chi connectivity index (χ2v) is 7.64. The van der Waals surface area contributed by atoms with Gasteiger partial charge in [-0.1, -0.05) is 108 Å². The van der Waals surface area contributed by atoms with E-state index < -0.39 is 0 Å². The van der Waals surface area contributed by atoms with Gasteiger partial charge in [0.1, 0.15) is 0 Å². The lowest BCUT2D eigenvalue weighted by atomic mass is 9.98. The second-order valence-electron chi connectivity index (χ2n) is 6.77. The molecular weight excluding hydrogens is 409 g/mol. The average Bonchev–Trinajstić information content (AvgIpc) is 2.80. The Bertz CT molecular complexity index is 1060. The van der Waals surface area contributed by atoms with Gasteiger partial charge in [-0.15, -0.1) is 0 Å². The van der Waals surface area contributed by atoms with Gasteiger partial charge in [0.05, 0.1) is 5.71 Å². The normalized spacial score (nSPS) is 12.1. The summed E-state index contributed by atoms with van der Waals surface area (Å²) >= 11 is 12.2. The van der Waals surface area contributed by atoms with Crippen LogP contribution in [0.15, 0.2) is 120 Å². The molecule has 4 rings (SSSR count). The maximum atomic E-state index is 6.10. The van der Waals surface area contributed by atoms with Gasteiger partial charge in [-0.25, -0.2) is 0 Å². The highest BCUT2D eigenvalue weighted by Crippen LogP contribution is 2.25. The van der Waals surface area contributed by atoms with Gasteiger partial charge in [0, 0.05) is 32.9 Å². The summed E-state index contributed by atoms with van der Waals surface area (Å²) in [6.45, 7) is 0. The summed E-state index contributed by atoms with van der Waals surface area (Å²) in [5.41, 5.74) is 6.10. The molecule has 3 heteroatoms. The zero-order valence-corrected chi connectivity index (χ0v) is 17.7. The molecule has 0 bridgehead atoms. The first-order valence-electron chi connectivity index (χ1n) is 9.61. The molecule has 30 heavy (non-hydrogen) atoms. The van der Waals surface area contributed by atoms with E-state index in [0.717, 1.165) is 33.5 Å². The Morgan fingerprint density at radius 3 is 1.43 bits per heavy atom. The standard InChI is InChI=1S/C27H19Cl2N/c28-24-15-11-21(12-16-24)26(20-7-3-1-4-8-20)19-30-27(22-9-5-2-6-10-22)23-13-17-25(29)18-14-23/h1-19H/b26-19+,30-27?. The van der Waals surface area contributed by atoms with Crippen LogP contribution in [0.3, 0.4) is 0 Å². The minimum atomic E-state index is 0.702. The molecule has 1 nitrogen and oxygen atoms in total. The fraction of sp³-hybridized carbons (Fsp3) is 0. The minimum absolute atomic E-state index is 0.702. The smallest absolute Gasteiger partial charge is 0.0774 e. The fourth-order valence-electron chi connectivity index (χ4n) is 3.21. The highest BCUT2D eigenvalue weighted by Gasteiger charge is 2.08. The molecule has 0 radical (unpaired) electrons. The molecule has 4 aromatic carbocycles. The van der Waals surface area contributed by atoms with Gasteiger partial charge in [-0.05, 0) is 35.4 Å². The summed E-state index contributed by atoms with van der Waals surface area (Å²) < 4.78 is 0. The van der Waals surface area contributed by atoms with Crippen LogP contribution in [0.2, 0.25) is 10.0 Å². The van der Waals surface area contributed by atoms with Gasteiger partial charge in [-0.2, -0.15) is 0 Å². The SMILES string of the molecule is Clc1ccc(C(=N/C=C(\c2ccccc2)c2ccc(Cl)cc2)c2ccccc2)cc1. The topological polar surface area (TPSA) is 12.4 Å². The molecule has 0 aliphatic heterocycles. The summed E-state index contributed by atoms with van der Waals surface area (Å²) in [7, 11) is 0. The third kappa shape index (κ3) is 4.88. The van der Waals surface area contributed by atoms with Crippen molar-refractivity contribution in [1.29, 1.82) is 0 Å². The predicted molar refractivity (Wildman–Crippen MR) is 129 cm³/mol. The van der Waals surface area contributed by atoms with Crippen molar-refractivity contribution < 1.29 is 0 Å². The molecule has 146 valence electrons. The summed E-state index contributed by atoms with van der Waals surface area (Å²) in [6, 6.07) is 36.0. The number of rotatable bonds is 5. The molecule has 0 aromatic heterocycles. The van der Waals surface area contributed by atoms with Crippen LogP contribution in [-0.4, -0.2) is 5.71 Å². The van der Waals surface area contributed by atoms with Crippen molar-refractivity contribution in [3.05, 3.63) is 148 Å². The molecule has 0 aliphatic carbocycles. The first kappa shape index (κ1) is 20.2. The number of aliphatic imine (C=N–C) groups is 1. The van der Waals surface area contributed by atoms with Gasteiger partial charge in [0.25, 0.3) is 0 Å². The number of nitrogens with zero attached hydrogens (tertiary/aromatic N) is 1. The molecule has 0 unspecified atom stereocenters. The van der Waals surface area contributed by atoms with Crippen LogP contribution in [0.4, 0.5) is 0 Å². The molecule has 0 atom stereocenters. The molecular formula is C27H19Cl2N. The summed E-state index contributed by atoms with van der Waals surface area (Å²) in [6.07, 6.45) is 1.93. The molecule has 4 aromatic rings. The summed E-state index contributed by atoms with van der Waals surface area (Å²) in [5, 5.41) is 1.41. The van der Waals surface area contributed by atoms with Crippen molar-refractivity contribution in [3.8, 4) is 0 Å². The van der Waals surface area contributed by atoms with E-state index >= 15 is 0 Å². The van der Waals surface area contributed by atoms with E-state index in [2.05, 4.69) is 24.3 Å². The molecule has 0 saturated carbocycles. The van der Waals surface area contributed by atoms with Crippen LogP contribution < -0.4 is 0 Å². The van der Waals surface area contributed by atoms with Gasteiger partial charge in [0.2, 0.25) is 0 Å². The monoisotopic (exact) mass is 427 g/mol. The average molecular weight is 428 g/mol. The number of benzene rings is 4. The van der Waals surface area contributed by atoms with Crippen molar-refractivity contribution in [2.45, 2.75) is 0 Å². The fourth-order valence-corrected chi connectivity index (χ4v) is 3.46. The van der Waals surface area contributed by atoms with Crippen LogP contribution in [0.5, 0.6) is 0 Å². The Kier molecular flexibility index (Phi) is 6.44. The predicted octanol–water partition coefficient (Wildman–Crippen LogP) is 7.92. The quantitative estimate of drug-likeness (QED) is 0.286. The maximum Gasteiger partial charge on any atom is 0.0774 e. The highest BCUT2D eigenvalue weighted by atomic mass is 35.5. The van der Waals surface area contributed by atoms with Gasteiger partial charge in [0.15, 0.2) is 0 Å². The van der Waals surface area contributed by atoms with E-state index in [-0.39, 0.29) is 0 Å². The largest absolute Gasteiger partial charge is 0.255 e. The van der Waals surface area contributed by atoms with Gasteiger partial charge >= 0.3 is 0 Å². The van der Waals surface area contributed by atoms with Gasteiger partial charge in [-0.3, -0.25) is 4.99 Å². The third-order valence-electron chi connectivity index (χ3n) is 4.73. The molecule has 0 spiro atoms. The Morgan fingerprint density at radius 2 is 0.900 bits per heavy atom. The second kappa shape index (κ2) is 9.58. The van der Waals surface area contributed by atoms with Crippen molar-refractivity contribution in [2.24, 2.45) is 4.99 Å². The number of hydrogen-bond acceptors (Lipinski definition) is 1. The third-order valence-corrected chi connectivity index (χ3v) is 5.23. The number of hydrogen-bond donors (Lipinski definition) is 0. The lowest BCUT2D eigenvalue weighted by Gasteiger charge is -2.10. The Balaban J connectivity index is 1.87. The lowest BCUT2D eigenvalue weighted by molar-refractivity contribution is 1.46. The van der Waals surface area contributed by atoms with Crippen molar-refractivity contribution >= 4 is 34.5 Å². The lowest BCUT2D eigenvalue weighted by Crippen LogP contribution is -2.02. The Labute approximate surface area is 187 Å². The van der Waals surface area contributed by atoms with Crippen molar-refractivity contribution in [2.75, 3.05) is 0 Å². The molecule has 0 saturated heterocycles. The number of halogens is 2. The Hall–Kier alpha value is -3.13. The molecule has 0 fully saturated rings. The first-order valence-corrected chi connectivity index (χ1v) is 10.4. The van der Waals surface area contributed by atoms with E-state index in [1.165, 1.54) is 0 Å². The zero-order valence-electron chi connectivity index (χ0n) is 16.2. The van der Waals surface area contributed by atoms with Crippen LogP contribution in [-0.2, 0) is 0 Å². The van der Waals surface area contributed by atoms with Gasteiger partial charge < -0.3 is 0 Å². The van der Waals surface area contributed by atoms with E-state index in [4.69, 9.17) is 28.2 Å². The zero-order chi connectivity index (χ0) is 20.8. The van der Waals surface area contributed by atoms with Crippen LogP contribution >= 0.6 is 23.2 Å². The Morgan fingerprint density at radius 1 is 0.500 bits per heavy atom. The van der Waals surface area contributed by atoms with Crippen LogP contribution in [0.1, 0.15) is 22.3 Å². The minimum Gasteiger partial charge on any atom is -0.255 e. The van der Waals surface area contributed by atoms with Crippen LogP contribution in [0.25, 0.3) is 5.57 Å². The summed E-state index contributed by atoms with van der Waals surface area (Å²) in [5.74, 6) is 0. The van der Waals surface area contributed by atoms with E-state index in [1.54, 1.807) is 0 Å². The van der Waals surface area contributed by atoms with E-state index in [9.17, 15) is 0 Å². The molecule has 0 N–H and O–H groups in total. The first-order chi connectivity index (χ1) is 14.7. The van der Waals surface area contributed by atoms with E-state index in [1.807, 2.05) is 91.1 Å². The molecule has 0 aliphatic rings.